The third-order valence-electron chi connectivity index (χ3n) is 4.57. The summed E-state index contributed by atoms with van der Waals surface area (Å²) in [4.78, 5) is 17.5. The molecule has 1 amide bonds. The van der Waals surface area contributed by atoms with E-state index in [0.717, 1.165) is 55.7 Å². The van der Waals surface area contributed by atoms with Gasteiger partial charge in [-0.25, -0.2) is 0 Å². The molecular formula is C21H19BrClN3O2S2. The molecule has 4 aromatic rings. The van der Waals surface area contributed by atoms with E-state index < -0.39 is 0 Å². The Hall–Kier alpha value is -1.74. The zero-order valence-corrected chi connectivity index (χ0v) is 20.0. The van der Waals surface area contributed by atoms with Crippen LogP contribution in [0.4, 0.5) is 0 Å². The predicted molar refractivity (Wildman–Crippen MR) is 127 cm³/mol. The van der Waals surface area contributed by atoms with Crippen LogP contribution in [0.25, 0.3) is 20.8 Å². The van der Waals surface area contributed by atoms with Crippen LogP contribution in [0.3, 0.4) is 0 Å². The van der Waals surface area contributed by atoms with E-state index >= 15 is 0 Å². The van der Waals surface area contributed by atoms with E-state index in [9.17, 15) is 4.79 Å². The number of thiophene rings is 2. The number of carbonyl (C=O) groups is 1. The Balaban J connectivity index is 1.12. The molecule has 30 heavy (non-hydrogen) atoms. The predicted octanol–water partition coefficient (Wildman–Crippen LogP) is 6.96. The highest BCUT2D eigenvalue weighted by atomic mass is 79.9. The van der Waals surface area contributed by atoms with Gasteiger partial charge in [0.1, 0.15) is 0 Å². The molecule has 0 fully saturated rings. The van der Waals surface area contributed by atoms with Crippen LogP contribution in [-0.2, 0) is 6.42 Å². The van der Waals surface area contributed by atoms with Crippen LogP contribution in [0, 0.1) is 0 Å². The monoisotopic (exact) mass is 523 g/mol. The maximum atomic E-state index is 12.3. The summed E-state index contributed by atoms with van der Waals surface area (Å²) in [7, 11) is 0. The first-order chi connectivity index (χ1) is 14.6. The maximum Gasteiger partial charge on any atom is 0.261 e. The molecule has 4 rings (SSSR count). The number of fused-ring (bicyclic) bond motifs is 1. The minimum absolute atomic E-state index is 0.0140. The molecule has 3 heterocycles. The number of aromatic nitrogens is 2. The lowest BCUT2D eigenvalue weighted by molar-refractivity contribution is 0.0957. The van der Waals surface area contributed by atoms with E-state index in [2.05, 4.69) is 37.5 Å². The van der Waals surface area contributed by atoms with E-state index in [4.69, 9.17) is 16.1 Å². The Kier molecular flexibility index (Phi) is 7.20. The van der Waals surface area contributed by atoms with E-state index in [1.807, 2.05) is 30.3 Å². The number of rotatable bonds is 9. The highest BCUT2D eigenvalue weighted by molar-refractivity contribution is 9.11. The van der Waals surface area contributed by atoms with Crippen molar-refractivity contribution in [3.63, 3.8) is 0 Å². The summed E-state index contributed by atoms with van der Waals surface area (Å²) in [6.45, 7) is 0.690. The molecular weight excluding hydrogens is 506 g/mol. The lowest BCUT2D eigenvalue weighted by Gasteiger charge is -2.03. The van der Waals surface area contributed by atoms with Crippen LogP contribution in [-0.4, -0.2) is 22.6 Å². The van der Waals surface area contributed by atoms with E-state index in [-0.39, 0.29) is 5.91 Å². The fourth-order valence-corrected chi connectivity index (χ4v) is 6.10. The Morgan fingerprint density at radius 2 is 1.83 bits per heavy atom. The Morgan fingerprint density at radius 1 is 1.07 bits per heavy atom. The Bertz CT molecular complexity index is 1110. The molecule has 0 spiro atoms. The fourth-order valence-electron chi connectivity index (χ4n) is 3.03. The van der Waals surface area contributed by atoms with Gasteiger partial charge in [0.15, 0.2) is 0 Å². The van der Waals surface area contributed by atoms with Crippen molar-refractivity contribution in [1.29, 1.82) is 0 Å². The average Bonchev–Trinajstić information content (AvgIpc) is 3.42. The van der Waals surface area contributed by atoms with Crippen LogP contribution in [0.1, 0.15) is 41.2 Å². The lowest BCUT2D eigenvalue weighted by Crippen LogP contribution is -2.23. The maximum absolute atomic E-state index is 12.3. The van der Waals surface area contributed by atoms with E-state index in [1.54, 1.807) is 11.3 Å². The molecule has 1 aromatic carbocycles. The second-order valence-corrected chi connectivity index (χ2v) is 10.8. The van der Waals surface area contributed by atoms with Crippen molar-refractivity contribution in [3.8, 4) is 11.4 Å². The van der Waals surface area contributed by atoms with Gasteiger partial charge in [0.05, 0.1) is 8.66 Å². The summed E-state index contributed by atoms with van der Waals surface area (Å²) in [5.74, 6) is 1.25. The molecule has 0 aliphatic carbocycles. The Labute approximate surface area is 195 Å². The number of hydrogen-bond acceptors (Lipinski definition) is 6. The van der Waals surface area contributed by atoms with Gasteiger partial charge in [-0.1, -0.05) is 29.6 Å². The first kappa shape index (κ1) is 21.5. The molecule has 0 radical (unpaired) electrons. The number of amides is 1. The highest BCUT2D eigenvalue weighted by Gasteiger charge is 2.12. The van der Waals surface area contributed by atoms with Crippen molar-refractivity contribution in [2.45, 2.75) is 32.1 Å². The topological polar surface area (TPSA) is 68.0 Å². The van der Waals surface area contributed by atoms with Crippen molar-refractivity contribution < 1.29 is 9.32 Å². The summed E-state index contributed by atoms with van der Waals surface area (Å²) < 4.78 is 8.73. The summed E-state index contributed by atoms with van der Waals surface area (Å²) in [6, 6.07) is 11.4. The lowest BCUT2D eigenvalue weighted by atomic mass is 10.1. The smallest absolute Gasteiger partial charge is 0.261 e. The van der Waals surface area contributed by atoms with Crippen LogP contribution in [0.2, 0.25) is 5.02 Å². The molecule has 0 aliphatic rings. The number of halogens is 2. The first-order valence-electron chi connectivity index (χ1n) is 9.64. The third-order valence-corrected chi connectivity index (χ3v) is 7.62. The number of nitrogens with zero attached hydrogens (tertiary/aromatic N) is 2. The standard InChI is InChI=1S/C21H19BrClN3O2S2/c22-18-12-16-15(30-18)11-17(29-16)21(27)24-10-4-2-1-3-5-19-25-20(26-28-19)13-6-8-14(23)9-7-13/h6-9,11-12H,1-5,10H2,(H,24,27). The van der Waals surface area contributed by atoms with Gasteiger partial charge in [-0.05, 0) is 65.2 Å². The molecule has 9 heteroatoms. The number of benzene rings is 1. The number of hydrogen-bond donors (Lipinski definition) is 1. The molecule has 1 N–H and O–H groups in total. The molecule has 0 bridgehead atoms. The number of unbranched alkanes of at least 4 members (excludes halogenated alkanes) is 3. The third kappa shape index (κ3) is 5.49. The first-order valence-corrected chi connectivity index (χ1v) is 12.4. The molecule has 156 valence electrons. The number of aryl methyl sites for hydroxylation is 1. The number of nitrogens with one attached hydrogen (secondary N) is 1. The van der Waals surface area contributed by atoms with Crippen molar-refractivity contribution >= 4 is 65.5 Å². The van der Waals surface area contributed by atoms with E-state index in [1.165, 1.54) is 11.3 Å². The summed E-state index contributed by atoms with van der Waals surface area (Å²) >= 11 is 12.6. The van der Waals surface area contributed by atoms with Gasteiger partial charge in [-0.2, -0.15) is 4.98 Å². The normalized spacial score (nSPS) is 11.3. The van der Waals surface area contributed by atoms with Crippen molar-refractivity contribution in [2.75, 3.05) is 6.54 Å². The van der Waals surface area contributed by atoms with Crippen LogP contribution in [0.5, 0.6) is 0 Å². The SMILES string of the molecule is O=C(NCCCCCCc1nc(-c2ccc(Cl)cc2)no1)c1cc2sc(Br)cc2s1. The second-order valence-electron chi connectivity index (χ2n) is 6.83. The van der Waals surface area contributed by atoms with E-state index in [0.29, 0.717) is 23.3 Å². The van der Waals surface area contributed by atoms with Crippen LogP contribution < -0.4 is 5.32 Å². The van der Waals surface area contributed by atoms with Crippen LogP contribution in [0.15, 0.2) is 44.7 Å². The molecule has 3 aromatic heterocycles. The van der Waals surface area contributed by atoms with Crippen molar-refractivity contribution in [3.05, 3.63) is 56.0 Å². The van der Waals surface area contributed by atoms with Gasteiger partial charge in [0.25, 0.3) is 5.91 Å². The van der Waals surface area contributed by atoms with Crippen LogP contribution >= 0.6 is 50.2 Å². The second kappa shape index (κ2) is 10.0. The van der Waals surface area contributed by atoms with Gasteiger partial charge in [0.2, 0.25) is 11.7 Å². The zero-order chi connectivity index (χ0) is 20.9. The summed E-state index contributed by atoms with van der Waals surface area (Å²) in [6.07, 6.45) is 4.79. The molecule has 0 saturated carbocycles. The highest BCUT2D eigenvalue weighted by Crippen LogP contribution is 2.35. The van der Waals surface area contributed by atoms with Gasteiger partial charge >= 0.3 is 0 Å². The number of carbonyl (C=O) groups excluding carboxylic acids is 1. The van der Waals surface area contributed by atoms with Gasteiger partial charge in [-0.15, -0.1) is 22.7 Å². The van der Waals surface area contributed by atoms with Gasteiger partial charge in [-0.3, -0.25) is 4.79 Å². The summed E-state index contributed by atoms with van der Waals surface area (Å²) in [5.41, 5.74) is 0.892. The minimum atomic E-state index is 0.0140. The molecule has 0 saturated heterocycles. The molecule has 0 atom stereocenters. The van der Waals surface area contributed by atoms with Crippen molar-refractivity contribution in [2.24, 2.45) is 0 Å². The molecule has 0 unspecified atom stereocenters. The zero-order valence-electron chi connectivity index (χ0n) is 16.0. The molecule has 0 aliphatic heterocycles. The van der Waals surface area contributed by atoms with Gasteiger partial charge in [0, 0.05) is 33.0 Å². The Morgan fingerprint density at radius 3 is 2.63 bits per heavy atom. The molecule has 5 nitrogen and oxygen atoms in total. The minimum Gasteiger partial charge on any atom is -0.351 e. The fraction of sp³-hybridized carbons (Fsp3) is 0.286. The quantitative estimate of drug-likeness (QED) is 0.240. The van der Waals surface area contributed by atoms with Gasteiger partial charge < -0.3 is 9.84 Å². The average molecular weight is 525 g/mol. The largest absolute Gasteiger partial charge is 0.351 e. The summed E-state index contributed by atoms with van der Waals surface area (Å²) in [5, 5.41) is 7.73. The van der Waals surface area contributed by atoms with Crippen molar-refractivity contribution in [1.82, 2.24) is 15.5 Å².